The average Bonchev–Trinajstić information content (AvgIpc) is 2.94. The third-order valence-electron chi connectivity index (χ3n) is 3.25. The van der Waals surface area contributed by atoms with Gasteiger partial charge >= 0.3 is 0 Å². The van der Waals surface area contributed by atoms with Gasteiger partial charge in [0.05, 0.1) is 12.2 Å². The molecule has 2 heterocycles. The Morgan fingerprint density at radius 3 is 3.25 bits per heavy atom. The molecule has 1 atom stereocenters. The van der Waals surface area contributed by atoms with Gasteiger partial charge in [-0.15, -0.1) is 0 Å². The first-order valence-electron chi connectivity index (χ1n) is 6.18. The van der Waals surface area contributed by atoms with Gasteiger partial charge in [-0.05, 0) is 33.0 Å². The predicted octanol–water partition coefficient (Wildman–Crippen LogP) is 1.59. The first kappa shape index (κ1) is 11.6. The fourth-order valence-corrected chi connectivity index (χ4v) is 2.32. The lowest BCUT2D eigenvalue weighted by molar-refractivity contribution is 0.230. The van der Waals surface area contributed by atoms with E-state index in [1.165, 1.54) is 19.4 Å². The molecule has 0 spiro atoms. The molecule has 0 radical (unpaired) electrons. The maximum atomic E-state index is 5.81. The van der Waals surface area contributed by atoms with Crippen LogP contribution in [0.5, 0.6) is 0 Å². The van der Waals surface area contributed by atoms with E-state index in [4.69, 9.17) is 4.42 Å². The summed E-state index contributed by atoms with van der Waals surface area (Å²) in [4.78, 5) is 6.85. The van der Waals surface area contributed by atoms with Crippen molar-refractivity contribution in [3.05, 3.63) is 17.8 Å². The maximum absolute atomic E-state index is 5.81. The summed E-state index contributed by atoms with van der Waals surface area (Å²) in [5.74, 6) is 1.90. The monoisotopic (exact) mass is 223 g/mol. The highest BCUT2D eigenvalue weighted by molar-refractivity contribution is 5.01. The molecule has 1 aromatic heterocycles. The van der Waals surface area contributed by atoms with Gasteiger partial charge in [0, 0.05) is 13.0 Å². The molecule has 0 aliphatic carbocycles. The molecule has 1 fully saturated rings. The standard InChI is InChI=1S/C12H21N3O/c1-3-15-8-4-5-11(15)12-14-9-10(16-12)6-7-13-2/h9,11,13H,3-8H2,1-2H3. The summed E-state index contributed by atoms with van der Waals surface area (Å²) in [7, 11) is 1.95. The lowest BCUT2D eigenvalue weighted by Gasteiger charge is -2.19. The van der Waals surface area contributed by atoms with Gasteiger partial charge in [-0.3, -0.25) is 4.90 Å². The van der Waals surface area contributed by atoms with E-state index >= 15 is 0 Å². The fraction of sp³-hybridized carbons (Fsp3) is 0.750. The molecule has 16 heavy (non-hydrogen) atoms. The van der Waals surface area contributed by atoms with Gasteiger partial charge in [-0.2, -0.15) is 0 Å². The molecule has 1 N–H and O–H groups in total. The number of oxazole rings is 1. The molecule has 1 aliphatic heterocycles. The van der Waals surface area contributed by atoms with E-state index in [2.05, 4.69) is 22.1 Å². The summed E-state index contributed by atoms with van der Waals surface area (Å²) >= 11 is 0. The number of hydrogen-bond donors (Lipinski definition) is 1. The van der Waals surface area contributed by atoms with Crippen LogP contribution in [0.4, 0.5) is 0 Å². The number of aromatic nitrogens is 1. The Morgan fingerprint density at radius 2 is 2.50 bits per heavy atom. The van der Waals surface area contributed by atoms with Crippen molar-refractivity contribution in [2.24, 2.45) is 0 Å². The quantitative estimate of drug-likeness (QED) is 0.823. The molecule has 0 saturated carbocycles. The van der Waals surface area contributed by atoms with Gasteiger partial charge in [0.2, 0.25) is 5.89 Å². The smallest absolute Gasteiger partial charge is 0.211 e. The van der Waals surface area contributed by atoms with Crippen molar-refractivity contribution in [1.82, 2.24) is 15.2 Å². The first-order chi connectivity index (χ1) is 7.85. The minimum atomic E-state index is 0.410. The van der Waals surface area contributed by atoms with Crippen molar-refractivity contribution >= 4 is 0 Å². The molecule has 0 amide bonds. The highest BCUT2D eigenvalue weighted by atomic mass is 16.4. The highest BCUT2D eigenvalue weighted by Gasteiger charge is 2.28. The van der Waals surface area contributed by atoms with Gasteiger partial charge < -0.3 is 9.73 Å². The number of likely N-dealkylation sites (N-methyl/N-ethyl adjacent to an activating group) is 1. The second kappa shape index (κ2) is 5.46. The minimum absolute atomic E-state index is 0.410. The normalized spacial score (nSPS) is 21.8. The van der Waals surface area contributed by atoms with Gasteiger partial charge in [-0.1, -0.05) is 6.92 Å². The predicted molar refractivity (Wildman–Crippen MR) is 63.4 cm³/mol. The molecule has 4 heteroatoms. The molecule has 1 aromatic rings. The molecular formula is C12H21N3O. The minimum Gasteiger partial charge on any atom is -0.444 e. The first-order valence-corrected chi connectivity index (χ1v) is 6.18. The average molecular weight is 223 g/mol. The van der Waals surface area contributed by atoms with Gasteiger partial charge in [0.1, 0.15) is 5.76 Å². The Bertz CT molecular complexity index is 324. The third-order valence-corrected chi connectivity index (χ3v) is 3.25. The topological polar surface area (TPSA) is 41.3 Å². The summed E-state index contributed by atoms with van der Waals surface area (Å²) in [6.45, 7) is 5.40. The van der Waals surface area contributed by atoms with Gasteiger partial charge in [-0.25, -0.2) is 4.98 Å². The van der Waals surface area contributed by atoms with E-state index in [1.807, 2.05) is 13.2 Å². The molecule has 2 rings (SSSR count). The van der Waals surface area contributed by atoms with Crippen molar-refractivity contribution < 1.29 is 4.42 Å². The van der Waals surface area contributed by atoms with Crippen LogP contribution in [0.15, 0.2) is 10.6 Å². The number of hydrogen-bond acceptors (Lipinski definition) is 4. The number of nitrogens with zero attached hydrogens (tertiary/aromatic N) is 2. The summed E-state index contributed by atoms with van der Waals surface area (Å²) in [6.07, 6.45) is 5.23. The maximum Gasteiger partial charge on any atom is 0.211 e. The molecule has 1 unspecified atom stereocenters. The molecule has 90 valence electrons. The van der Waals surface area contributed by atoms with Crippen molar-refractivity contribution in [2.75, 3.05) is 26.7 Å². The highest BCUT2D eigenvalue weighted by Crippen LogP contribution is 2.30. The molecule has 1 aliphatic rings. The summed E-state index contributed by atoms with van der Waals surface area (Å²) in [5, 5.41) is 3.12. The van der Waals surface area contributed by atoms with Crippen LogP contribution in [0.2, 0.25) is 0 Å². The zero-order valence-electron chi connectivity index (χ0n) is 10.2. The molecular weight excluding hydrogens is 202 g/mol. The van der Waals surface area contributed by atoms with Crippen molar-refractivity contribution in [1.29, 1.82) is 0 Å². The van der Waals surface area contributed by atoms with E-state index in [1.54, 1.807) is 0 Å². The van der Waals surface area contributed by atoms with Crippen LogP contribution < -0.4 is 5.32 Å². The van der Waals surface area contributed by atoms with Crippen LogP contribution in [0.3, 0.4) is 0 Å². The van der Waals surface area contributed by atoms with Gasteiger partial charge in [0.15, 0.2) is 0 Å². The van der Waals surface area contributed by atoms with Crippen LogP contribution in [0.1, 0.15) is 37.5 Å². The van der Waals surface area contributed by atoms with Crippen LogP contribution in [-0.2, 0) is 6.42 Å². The molecule has 0 aromatic carbocycles. The van der Waals surface area contributed by atoms with Crippen molar-refractivity contribution in [2.45, 2.75) is 32.2 Å². The lowest BCUT2D eigenvalue weighted by atomic mass is 10.2. The van der Waals surface area contributed by atoms with Gasteiger partial charge in [0.25, 0.3) is 0 Å². The Labute approximate surface area is 97.0 Å². The second-order valence-corrected chi connectivity index (χ2v) is 4.30. The molecule has 4 nitrogen and oxygen atoms in total. The zero-order chi connectivity index (χ0) is 11.4. The van der Waals surface area contributed by atoms with Crippen LogP contribution in [0, 0.1) is 0 Å². The molecule has 0 bridgehead atoms. The zero-order valence-corrected chi connectivity index (χ0v) is 10.2. The SMILES string of the molecule is CCN1CCCC1c1ncc(CCNC)o1. The van der Waals surface area contributed by atoms with E-state index < -0.39 is 0 Å². The number of likely N-dealkylation sites (tertiary alicyclic amines) is 1. The largest absolute Gasteiger partial charge is 0.444 e. The second-order valence-electron chi connectivity index (χ2n) is 4.30. The molecule has 1 saturated heterocycles. The van der Waals surface area contributed by atoms with Crippen LogP contribution in [-0.4, -0.2) is 36.6 Å². The third kappa shape index (κ3) is 2.44. The summed E-state index contributed by atoms with van der Waals surface area (Å²) in [5.41, 5.74) is 0. The van der Waals surface area contributed by atoms with Crippen LogP contribution in [0.25, 0.3) is 0 Å². The Morgan fingerprint density at radius 1 is 1.62 bits per heavy atom. The van der Waals surface area contributed by atoms with Crippen molar-refractivity contribution in [3.8, 4) is 0 Å². The van der Waals surface area contributed by atoms with E-state index in [0.717, 1.165) is 31.2 Å². The van der Waals surface area contributed by atoms with E-state index in [-0.39, 0.29) is 0 Å². The Hall–Kier alpha value is -0.870. The summed E-state index contributed by atoms with van der Waals surface area (Å²) in [6, 6.07) is 0.410. The lowest BCUT2D eigenvalue weighted by Crippen LogP contribution is -2.22. The van der Waals surface area contributed by atoms with Crippen molar-refractivity contribution in [3.63, 3.8) is 0 Å². The fourth-order valence-electron chi connectivity index (χ4n) is 2.32. The Balaban J connectivity index is 2.00. The summed E-state index contributed by atoms with van der Waals surface area (Å²) < 4.78 is 5.81. The van der Waals surface area contributed by atoms with Crippen LogP contribution >= 0.6 is 0 Å². The number of rotatable bonds is 5. The van der Waals surface area contributed by atoms with E-state index in [0.29, 0.717) is 6.04 Å². The van der Waals surface area contributed by atoms with E-state index in [9.17, 15) is 0 Å². The Kier molecular flexibility index (Phi) is 3.96. The number of nitrogens with one attached hydrogen (secondary N) is 1.